The van der Waals surface area contributed by atoms with Crippen LogP contribution < -0.4 is 19.7 Å². The number of hydrogen-bond donors (Lipinski definition) is 1. The van der Waals surface area contributed by atoms with Crippen molar-refractivity contribution >= 4 is 28.8 Å². The molecule has 3 aromatic rings. The maximum atomic E-state index is 13.4. The molecule has 0 bridgehead atoms. The van der Waals surface area contributed by atoms with Crippen molar-refractivity contribution in [1.82, 2.24) is 0 Å². The highest BCUT2D eigenvalue weighted by molar-refractivity contribution is 6.46. The third kappa shape index (κ3) is 4.21. The van der Waals surface area contributed by atoms with Crippen molar-refractivity contribution in [3.8, 4) is 11.5 Å². The van der Waals surface area contributed by atoms with Gasteiger partial charge in [-0.1, -0.05) is 43.3 Å². The molecule has 162 valence electrons. The number of carbonyl (C=O) groups excluding carboxylic acids is 2. The van der Waals surface area contributed by atoms with Gasteiger partial charge in [0.1, 0.15) is 17.2 Å². The van der Waals surface area contributed by atoms with Crippen LogP contribution in [0.25, 0.3) is 5.57 Å². The number of para-hydroxylation sites is 1. The van der Waals surface area contributed by atoms with Crippen molar-refractivity contribution < 1.29 is 19.1 Å². The minimum Gasteiger partial charge on any atom is -0.497 e. The Labute approximate surface area is 187 Å². The van der Waals surface area contributed by atoms with Crippen LogP contribution >= 0.6 is 0 Å². The number of imide groups is 1. The average molecular weight is 428 g/mol. The van der Waals surface area contributed by atoms with E-state index in [9.17, 15) is 9.59 Å². The minimum atomic E-state index is -0.410. The number of hydrogen-bond acceptors (Lipinski definition) is 5. The maximum Gasteiger partial charge on any atom is 0.282 e. The first-order valence-corrected chi connectivity index (χ1v) is 10.4. The molecule has 32 heavy (non-hydrogen) atoms. The monoisotopic (exact) mass is 428 g/mol. The van der Waals surface area contributed by atoms with E-state index in [-0.39, 0.29) is 11.6 Å². The zero-order valence-corrected chi connectivity index (χ0v) is 18.0. The van der Waals surface area contributed by atoms with E-state index in [1.54, 1.807) is 55.6 Å². The smallest absolute Gasteiger partial charge is 0.282 e. The maximum absolute atomic E-state index is 13.4. The average Bonchev–Trinajstić information content (AvgIpc) is 3.07. The molecular weight excluding hydrogens is 404 g/mol. The number of nitrogens with one attached hydrogen (secondary N) is 1. The van der Waals surface area contributed by atoms with Gasteiger partial charge in [0.05, 0.1) is 25.0 Å². The van der Waals surface area contributed by atoms with Gasteiger partial charge in [0.25, 0.3) is 11.8 Å². The number of carbonyl (C=O) groups is 2. The molecule has 6 heteroatoms. The quantitative estimate of drug-likeness (QED) is 0.518. The summed E-state index contributed by atoms with van der Waals surface area (Å²) in [5.74, 6) is 0.570. The molecule has 0 spiro atoms. The van der Waals surface area contributed by atoms with Gasteiger partial charge in [-0.05, 0) is 48.4 Å². The zero-order chi connectivity index (χ0) is 22.5. The Morgan fingerprint density at radius 2 is 1.59 bits per heavy atom. The highest BCUT2D eigenvalue weighted by Crippen LogP contribution is 2.34. The summed E-state index contributed by atoms with van der Waals surface area (Å²) in [7, 11) is 1.58. The zero-order valence-electron chi connectivity index (χ0n) is 18.0. The van der Waals surface area contributed by atoms with Crippen LogP contribution in [0.5, 0.6) is 11.5 Å². The molecule has 6 nitrogen and oxygen atoms in total. The van der Waals surface area contributed by atoms with Crippen LogP contribution in [0, 0.1) is 0 Å². The van der Waals surface area contributed by atoms with Crippen LogP contribution in [-0.4, -0.2) is 25.5 Å². The van der Waals surface area contributed by atoms with Gasteiger partial charge >= 0.3 is 0 Å². The van der Waals surface area contributed by atoms with Crippen molar-refractivity contribution in [3.05, 3.63) is 90.1 Å². The third-order valence-corrected chi connectivity index (χ3v) is 5.05. The molecule has 0 unspecified atom stereocenters. The lowest BCUT2D eigenvalue weighted by molar-refractivity contribution is -0.120. The summed E-state index contributed by atoms with van der Waals surface area (Å²) in [5, 5.41) is 3.17. The summed E-state index contributed by atoms with van der Waals surface area (Å²) in [5.41, 5.74) is 2.34. The Hall–Kier alpha value is -4.06. The lowest BCUT2D eigenvalue weighted by Crippen LogP contribution is -2.32. The van der Waals surface area contributed by atoms with Gasteiger partial charge in [-0.25, -0.2) is 4.90 Å². The van der Waals surface area contributed by atoms with E-state index in [1.165, 1.54) is 4.90 Å². The largest absolute Gasteiger partial charge is 0.497 e. The van der Waals surface area contributed by atoms with Crippen molar-refractivity contribution in [3.63, 3.8) is 0 Å². The second kappa shape index (κ2) is 9.39. The van der Waals surface area contributed by atoms with Gasteiger partial charge in [0.2, 0.25) is 0 Å². The van der Waals surface area contributed by atoms with Crippen molar-refractivity contribution in [2.45, 2.75) is 13.3 Å². The van der Waals surface area contributed by atoms with E-state index in [1.807, 2.05) is 37.3 Å². The fraction of sp³-hybridized carbons (Fsp3) is 0.154. The Morgan fingerprint density at radius 3 is 2.28 bits per heavy atom. The van der Waals surface area contributed by atoms with Gasteiger partial charge in [0, 0.05) is 11.8 Å². The molecule has 0 saturated heterocycles. The topological polar surface area (TPSA) is 67.9 Å². The molecule has 0 atom stereocenters. The third-order valence-electron chi connectivity index (χ3n) is 5.05. The molecule has 3 aromatic carbocycles. The summed E-state index contributed by atoms with van der Waals surface area (Å²) >= 11 is 0. The Morgan fingerprint density at radius 1 is 0.844 bits per heavy atom. The molecular formula is C26H24N2O4. The fourth-order valence-electron chi connectivity index (χ4n) is 3.51. The van der Waals surface area contributed by atoms with E-state index in [4.69, 9.17) is 9.47 Å². The van der Waals surface area contributed by atoms with E-state index >= 15 is 0 Å². The van der Waals surface area contributed by atoms with E-state index in [0.29, 0.717) is 40.6 Å². The summed E-state index contributed by atoms with van der Waals surface area (Å²) in [6.07, 6.45) is 0.892. The molecule has 1 aliphatic heterocycles. The molecule has 2 amide bonds. The predicted octanol–water partition coefficient (Wildman–Crippen LogP) is 4.88. The van der Waals surface area contributed by atoms with Crippen molar-refractivity contribution in [2.24, 2.45) is 0 Å². The lowest BCUT2D eigenvalue weighted by atomic mass is 10.0. The van der Waals surface area contributed by atoms with E-state index in [0.717, 1.165) is 6.42 Å². The van der Waals surface area contributed by atoms with Gasteiger partial charge in [-0.15, -0.1) is 0 Å². The lowest BCUT2D eigenvalue weighted by Gasteiger charge is -2.15. The molecule has 0 saturated carbocycles. The highest BCUT2D eigenvalue weighted by Gasteiger charge is 2.40. The Kier molecular flexibility index (Phi) is 6.22. The number of amides is 2. The number of methoxy groups -OCH3 is 1. The summed E-state index contributed by atoms with van der Waals surface area (Å²) in [4.78, 5) is 28.0. The number of benzene rings is 3. The summed E-state index contributed by atoms with van der Waals surface area (Å²) < 4.78 is 10.9. The van der Waals surface area contributed by atoms with Crippen LogP contribution in [0.2, 0.25) is 0 Å². The standard InChI is InChI=1S/C26H24N2O4/c1-3-16-32-22-11-7-8-19(17-22)27-24-23(18-12-14-21(31-2)15-13-18)25(29)28(26(24)30)20-9-5-4-6-10-20/h4-15,17,27H,3,16H2,1-2H3. The first-order chi connectivity index (χ1) is 15.6. The van der Waals surface area contributed by atoms with E-state index in [2.05, 4.69) is 5.32 Å². The molecule has 0 radical (unpaired) electrons. The van der Waals surface area contributed by atoms with Crippen molar-refractivity contribution in [1.29, 1.82) is 0 Å². The second-order valence-corrected chi connectivity index (χ2v) is 7.26. The van der Waals surface area contributed by atoms with Gasteiger partial charge in [0.15, 0.2) is 0 Å². The Bertz CT molecular complexity index is 1150. The highest BCUT2D eigenvalue weighted by atomic mass is 16.5. The van der Waals surface area contributed by atoms with Crippen molar-refractivity contribution in [2.75, 3.05) is 23.9 Å². The van der Waals surface area contributed by atoms with Gasteiger partial charge < -0.3 is 14.8 Å². The van der Waals surface area contributed by atoms with E-state index < -0.39 is 5.91 Å². The number of ether oxygens (including phenoxy) is 2. The van der Waals surface area contributed by atoms with Crippen LogP contribution in [0.1, 0.15) is 18.9 Å². The molecule has 4 rings (SSSR count). The van der Waals surface area contributed by atoms with Crippen LogP contribution in [0.15, 0.2) is 84.6 Å². The SMILES string of the molecule is CCCOc1cccc(NC2=C(c3ccc(OC)cc3)C(=O)N(c3ccccc3)C2=O)c1. The van der Waals surface area contributed by atoms with Crippen LogP contribution in [0.4, 0.5) is 11.4 Å². The molecule has 1 N–H and O–H groups in total. The Balaban J connectivity index is 1.75. The molecule has 0 fully saturated rings. The van der Waals surface area contributed by atoms with Crippen LogP contribution in [0.3, 0.4) is 0 Å². The first-order valence-electron chi connectivity index (χ1n) is 10.4. The molecule has 1 heterocycles. The molecule has 0 aromatic heterocycles. The first kappa shape index (κ1) is 21.2. The van der Waals surface area contributed by atoms with Crippen LogP contribution in [-0.2, 0) is 9.59 Å². The van der Waals surface area contributed by atoms with Gasteiger partial charge in [-0.3, -0.25) is 9.59 Å². The number of nitrogens with zero attached hydrogens (tertiary/aromatic N) is 1. The van der Waals surface area contributed by atoms with Gasteiger partial charge in [-0.2, -0.15) is 0 Å². The normalized spacial score (nSPS) is 13.5. The molecule has 0 aliphatic carbocycles. The minimum absolute atomic E-state index is 0.219. The summed E-state index contributed by atoms with van der Waals surface area (Å²) in [6, 6.07) is 23.3. The summed E-state index contributed by atoms with van der Waals surface area (Å²) in [6.45, 7) is 2.64. The number of rotatable bonds is 8. The number of anilines is 2. The fourth-order valence-corrected chi connectivity index (χ4v) is 3.51. The second-order valence-electron chi connectivity index (χ2n) is 7.26. The molecule has 1 aliphatic rings. The predicted molar refractivity (Wildman–Crippen MR) is 125 cm³/mol.